The maximum absolute atomic E-state index is 6.73. The number of allylic oxidation sites excluding steroid dienone is 4. The van der Waals surface area contributed by atoms with Crippen molar-refractivity contribution in [2.75, 3.05) is 0 Å². The van der Waals surface area contributed by atoms with E-state index in [1.54, 1.807) is 0 Å². The molecule has 0 amide bonds. The lowest BCUT2D eigenvalue weighted by atomic mass is 9.75. The Kier molecular flexibility index (Phi) is 1.84. The lowest BCUT2D eigenvalue weighted by Gasteiger charge is -2.38. The Labute approximate surface area is 115 Å². The largest absolute Gasteiger partial charge is 0.113 e. The Morgan fingerprint density at radius 3 is 1.81 bits per heavy atom. The molecule has 4 aliphatic carbocycles. The summed E-state index contributed by atoms with van der Waals surface area (Å²) in [4.78, 5) is -0.982. The molecular weight excluding hydrogens is 286 g/mol. The third-order valence-corrected chi connectivity index (χ3v) is 7.44. The number of hydrogen-bond acceptors (Lipinski definition) is 0. The minimum Gasteiger partial charge on any atom is -0.113 e. The van der Waals surface area contributed by atoms with Crippen LogP contribution in [0.15, 0.2) is 22.2 Å². The van der Waals surface area contributed by atoms with E-state index in [0.717, 1.165) is 0 Å². The highest BCUT2D eigenvalue weighted by Crippen LogP contribution is 2.75. The molecule has 0 radical (unpaired) electrons. The Balaban J connectivity index is 1.95. The first kappa shape index (κ1) is 10.6. The molecular formula is C12H10Cl4. The van der Waals surface area contributed by atoms with Gasteiger partial charge in [-0.15, -0.1) is 23.2 Å². The molecule has 86 valence electrons. The molecule has 6 unspecified atom stereocenters. The van der Waals surface area contributed by atoms with Gasteiger partial charge in [0.2, 0.25) is 0 Å². The van der Waals surface area contributed by atoms with E-state index in [-0.39, 0.29) is 0 Å². The van der Waals surface area contributed by atoms with E-state index in [1.165, 1.54) is 6.42 Å². The van der Waals surface area contributed by atoms with Crippen molar-refractivity contribution in [1.82, 2.24) is 0 Å². The van der Waals surface area contributed by atoms with Gasteiger partial charge in [-0.05, 0) is 36.5 Å². The van der Waals surface area contributed by atoms with Crippen molar-refractivity contribution >= 4 is 46.4 Å². The summed E-state index contributed by atoms with van der Waals surface area (Å²) in [6.45, 7) is 0. The molecule has 0 spiro atoms. The van der Waals surface area contributed by atoms with E-state index in [1.807, 2.05) is 0 Å². The second-order valence-electron chi connectivity index (χ2n) is 5.53. The molecule has 6 atom stereocenters. The normalized spacial score (nSPS) is 61.2. The molecule has 0 heterocycles. The molecule has 4 aliphatic rings. The smallest absolute Gasteiger partial charge is 0.0870 e. The molecule has 2 saturated carbocycles. The van der Waals surface area contributed by atoms with Crippen LogP contribution in [-0.4, -0.2) is 9.75 Å². The number of alkyl halides is 2. The summed E-state index contributed by atoms with van der Waals surface area (Å²) in [6.07, 6.45) is 6.45. The molecule has 0 aromatic heterocycles. The van der Waals surface area contributed by atoms with Gasteiger partial charge in [0.15, 0.2) is 0 Å². The zero-order valence-electron chi connectivity index (χ0n) is 8.39. The fourth-order valence-electron chi connectivity index (χ4n) is 4.49. The third-order valence-electron chi connectivity index (χ3n) is 4.95. The third kappa shape index (κ3) is 0.880. The first-order valence-corrected chi connectivity index (χ1v) is 7.12. The number of fused-ring (bicyclic) bond motifs is 9. The first-order chi connectivity index (χ1) is 7.48. The van der Waals surface area contributed by atoms with Gasteiger partial charge in [-0.25, -0.2) is 0 Å². The fourth-order valence-corrected chi connectivity index (χ4v) is 6.59. The van der Waals surface area contributed by atoms with Crippen molar-refractivity contribution in [1.29, 1.82) is 0 Å². The van der Waals surface area contributed by atoms with E-state index in [2.05, 4.69) is 12.2 Å². The van der Waals surface area contributed by atoms with Crippen LogP contribution in [0.4, 0.5) is 0 Å². The van der Waals surface area contributed by atoms with Gasteiger partial charge in [-0.3, -0.25) is 0 Å². The summed E-state index contributed by atoms with van der Waals surface area (Å²) in [5.41, 5.74) is 0. The van der Waals surface area contributed by atoms with Crippen molar-refractivity contribution in [3.8, 4) is 0 Å². The molecule has 4 heteroatoms. The van der Waals surface area contributed by atoms with Crippen molar-refractivity contribution in [2.45, 2.75) is 22.6 Å². The van der Waals surface area contributed by atoms with Gasteiger partial charge >= 0.3 is 0 Å². The summed E-state index contributed by atoms with van der Waals surface area (Å²) in [6, 6.07) is 0. The van der Waals surface area contributed by atoms with Gasteiger partial charge in [-0.1, -0.05) is 35.4 Å². The Bertz CT molecular complexity index is 416. The fraction of sp³-hybridized carbons (Fsp3) is 0.667. The van der Waals surface area contributed by atoms with E-state index < -0.39 is 9.75 Å². The average Bonchev–Trinajstić information content (AvgIpc) is 2.91. The highest BCUT2D eigenvalue weighted by atomic mass is 35.5. The average molecular weight is 296 g/mol. The van der Waals surface area contributed by atoms with Gasteiger partial charge in [0.25, 0.3) is 0 Å². The standard InChI is InChI=1S/C12H10Cl4/c13-9-10(14)12(16)4-11(9,15)7-5-1-2-6(3-5)8(7)12/h1-2,5-8H,3-4H2. The zero-order chi connectivity index (χ0) is 11.3. The van der Waals surface area contributed by atoms with Crippen LogP contribution >= 0.6 is 46.4 Å². The van der Waals surface area contributed by atoms with Gasteiger partial charge in [0.1, 0.15) is 0 Å². The van der Waals surface area contributed by atoms with Crippen LogP contribution in [0.3, 0.4) is 0 Å². The molecule has 0 nitrogen and oxygen atoms in total. The highest BCUT2D eigenvalue weighted by molar-refractivity contribution is 6.51. The predicted octanol–water partition coefficient (Wildman–Crippen LogP) is 4.49. The van der Waals surface area contributed by atoms with Crippen molar-refractivity contribution in [3.63, 3.8) is 0 Å². The number of halogens is 4. The second-order valence-corrected chi connectivity index (χ2v) is 7.63. The molecule has 16 heavy (non-hydrogen) atoms. The van der Waals surface area contributed by atoms with Gasteiger partial charge in [0.05, 0.1) is 19.8 Å². The quantitative estimate of drug-likeness (QED) is 0.351. The molecule has 0 N–H and O–H groups in total. The summed E-state index contributed by atoms with van der Waals surface area (Å²) in [5.74, 6) is 1.87. The summed E-state index contributed by atoms with van der Waals surface area (Å²) < 4.78 is 0. The molecule has 2 fully saturated rings. The van der Waals surface area contributed by atoms with Gasteiger partial charge in [-0.2, -0.15) is 0 Å². The Morgan fingerprint density at radius 2 is 1.38 bits per heavy atom. The topological polar surface area (TPSA) is 0 Å². The Morgan fingerprint density at radius 1 is 0.938 bits per heavy atom. The predicted molar refractivity (Wildman–Crippen MR) is 68.2 cm³/mol. The van der Waals surface area contributed by atoms with Crippen LogP contribution in [-0.2, 0) is 0 Å². The highest BCUT2D eigenvalue weighted by Gasteiger charge is 2.73. The molecule has 0 aromatic carbocycles. The SMILES string of the molecule is ClC1=C(Cl)C2(Cl)CC1(Cl)C1C3C=CC(C3)C12. The first-order valence-electron chi connectivity index (χ1n) is 5.61. The van der Waals surface area contributed by atoms with Crippen LogP contribution in [0, 0.1) is 23.7 Å². The maximum atomic E-state index is 6.73. The van der Waals surface area contributed by atoms with E-state index in [9.17, 15) is 0 Å². The lowest BCUT2D eigenvalue weighted by Crippen LogP contribution is -2.38. The zero-order valence-corrected chi connectivity index (χ0v) is 11.4. The summed E-state index contributed by atoms with van der Waals surface area (Å²) in [5, 5.41) is 1.21. The molecule has 0 aliphatic heterocycles. The molecule has 0 aromatic rings. The minimum absolute atomic E-state index is 0.386. The number of rotatable bonds is 0. The lowest BCUT2D eigenvalue weighted by molar-refractivity contribution is 0.305. The Hall–Kier alpha value is 0.640. The van der Waals surface area contributed by atoms with Gasteiger partial charge < -0.3 is 0 Å². The van der Waals surface area contributed by atoms with E-state index in [0.29, 0.717) is 40.2 Å². The molecule has 0 saturated heterocycles. The minimum atomic E-state index is -0.491. The van der Waals surface area contributed by atoms with E-state index >= 15 is 0 Å². The second kappa shape index (κ2) is 2.79. The van der Waals surface area contributed by atoms with Crippen molar-refractivity contribution < 1.29 is 0 Å². The maximum Gasteiger partial charge on any atom is 0.0870 e. The van der Waals surface area contributed by atoms with Crippen LogP contribution in [0.2, 0.25) is 0 Å². The van der Waals surface area contributed by atoms with E-state index in [4.69, 9.17) is 46.4 Å². The van der Waals surface area contributed by atoms with Crippen molar-refractivity contribution in [2.24, 2.45) is 23.7 Å². The number of hydrogen-bond donors (Lipinski definition) is 0. The monoisotopic (exact) mass is 294 g/mol. The van der Waals surface area contributed by atoms with Crippen molar-refractivity contribution in [3.05, 3.63) is 22.2 Å². The van der Waals surface area contributed by atoms with Crippen LogP contribution in [0.25, 0.3) is 0 Å². The van der Waals surface area contributed by atoms with Crippen LogP contribution < -0.4 is 0 Å². The summed E-state index contributed by atoms with van der Waals surface area (Å²) in [7, 11) is 0. The molecule has 4 rings (SSSR count). The summed E-state index contributed by atoms with van der Waals surface area (Å²) >= 11 is 26.1. The van der Waals surface area contributed by atoms with Crippen LogP contribution in [0.5, 0.6) is 0 Å². The van der Waals surface area contributed by atoms with Crippen LogP contribution in [0.1, 0.15) is 12.8 Å². The molecule has 4 bridgehead atoms. The van der Waals surface area contributed by atoms with Gasteiger partial charge in [0, 0.05) is 0 Å².